The average molecular weight is 373 g/mol. The fraction of sp³-hybridized carbons (Fsp3) is 0.222. The fourth-order valence-electron chi connectivity index (χ4n) is 2.70. The Labute approximate surface area is 143 Å². The number of halogens is 1. The van der Waals surface area contributed by atoms with Gasteiger partial charge in [-0.05, 0) is 52.7 Å². The number of aryl methyl sites for hydroxylation is 1. The quantitative estimate of drug-likeness (QED) is 0.891. The van der Waals surface area contributed by atoms with Crippen LogP contribution in [-0.4, -0.2) is 18.4 Å². The molecule has 1 saturated heterocycles. The maximum atomic E-state index is 12.5. The molecule has 0 spiro atoms. The van der Waals surface area contributed by atoms with Crippen LogP contribution in [-0.2, 0) is 9.59 Å². The van der Waals surface area contributed by atoms with E-state index in [9.17, 15) is 9.59 Å². The molecule has 1 fully saturated rings. The molecule has 2 amide bonds. The summed E-state index contributed by atoms with van der Waals surface area (Å²) in [5, 5.41) is 2.91. The number of hydrogen-bond donors (Lipinski definition) is 1. The van der Waals surface area contributed by atoms with Crippen molar-refractivity contribution in [3.05, 3.63) is 58.6 Å². The van der Waals surface area contributed by atoms with Crippen LogP contribution in [0.2, 0.25) is 0 Å². The Morgan fingerprint density at radius 2 is 1.96 bits per heavy atom. The Bertz CT molecular complexity index is 746. The van der Waals surface area contributed by atoms with E-state index in [1.54, 1.807) is 4.90 Å². The minimum atomic E-state index is -0.337. The molecule has 1 aliphatic rings. The van der Waals surface area contributed by atoms with Gasteiger partial charge in [0.15, 0.2) is 0 Å². The molecule has 0 saturated carbocycles. The minimum Gasteiger partial charge on any atom is -0.325 e. The molecular formula is C18H17BrN2O2. The Morgan fingerprint density at radius 3 is 2.65 bits per heavy atom. The van der Waals surface area contributed by atoms with E-state index in [-0.39, 0.29) is 24.2 Å². The van der Waals surface area contributed by atoms with Crippen molar-refractivity contribution >= 4 is 39.1 Å². The first-order valence-corrected chi connectivity index (χ1v) is 8.26. The van der Waals surface area contributed by atoms with Crippen molar-refractivity contribution in [1.82, 2.24) is 0 Å². The fourth-order valence-corrected chi connectivity index (χ4v) is 3.29. The summed E-state index contributed by atoms with van der Waals surface area (Å²) in [5.41, 5.74) is 2.68. The smallest absolute Gasteiger partial charge is 0.229 e. The largest absolute Gasteiger partial charge is 0.325 e. The SMILES string of the molecule is Cc1ccc(NC(=O)C2CC(=O)N(c3ccccc3)C2)c(Br)c1. The second-order valence-electron chi connectivity index (χ2n) is 5.71. The number of carbonyl (C=O) groups is 2. The summed E-state index contributed by atoms with van der Waals surface area (Å²) in [5.74, 6) is -0.475. The summed E-state index contributed by atoms with van der Waals surface area (Å²) in [7, 11) is 0. The van der Waals surface area contributed by atoms with Gasteiger partial charge in [0.25, 0.3) is 0 Å². The maximum Gasteiger partial charge on any atom is 0.229 e. The van der Waals surface area contributed by atoms with E-state index in [1.165, 1.54) is 0 Å². The first kappa shape index (κ1) is 15.7. The molecule has 0 aromatic heterocycles. The van der Waals surface area contributed by atoms with E-state index >= 15 is 0 Å². The first-order chi connectivity index (χ1) is 11.0. The number of benzene rings is 2. The van der Waals surface area contributed by atoms with Gasteiger partial charge in [0.1, 0.15) is 0 Å². The molecule has 1 N–H and O–H groups in total. The molecule has 0 bridgehead atoms. The van der Waals surface area contributed by atoms with E-state index < -0.39 is 0 Å². The number of hydrogen-bond acceptors (Lipinski definition) is 2. The van der Waals surface area contributed by atoms with Gasteiger partial charge in [-0.15, -0.1) is 0 Å². The van der Waals surface area contributed by atoms with Gasteiger partial charge in [-0.1, -0.05) is 24.3 Å². The molecule has 0 radical (unpaired) electrons. The van der Waals surface area contributed by atoms with Crippen LogP contribution in [0.4, 0.5) is 11.4 Å². The van der Waals surface area contributed by atoms with Crippen molar-refractivity contribution in [1.29, 1.82) is 0 Å². The lowest BCUT2D eigenvalue weighted by Crippen LogP contribution is -2.28. The van der Waals surface area contributed by atoms with Gasteiger partial charge in [-0.25, -0.2) is 0 Å². The zero-order chi connectivity index (χ0) is 16.4. The third kappa shape index (κ3) is 3.45. The third-order valence-electron chi connectivity index (χ3n) is 3.95. The molecule has 2 aromatic carbocycles. The van der Waals surface area contributed by atoms with Crippen LogP contribution in [0.1, 0.15) is 12.0 Å². The van der Waals surface area contributed by atoms with Gasteiger partial charge < -0.3 is 10.2 Å². The topological polar surface area (TPSA) is 49.4 Å². The summed E-state index contributed by atoms with van der Waals surface area (Å²) in [6, 6.07) is 15.2. The highest BCUT2D eigenvalue weighted by atomic mass is 79.9. The third-order valence-corrected chi connectivity index (χ3v) is 4.60. The number of nitrogens with one attached hydrogen (secondary N) is 1. The molecule has 2 aromatic rings. The number of nitrogens with zero attached hydrogens (tertiary/aromatic N) is 1. The van der Waals surface area contributed by atoms with E-state index in [0.717, 1.165) is 21.4 Å². The zero-order valence-electron chi connectivity index (χ0n) is 12.8. The summed E-state index contributed by atoms with van der Waals surface area (Å²) >= 11 is 3.45. The van der Waals surface area contributed by atoms with Crippen LogP contribution in [0.15, 0.2) is 53.0 Å². The van der Waals surface area contributed by atoms with Crippen molar-refractivity contribution in [2.45, 2.75) is 13.3 Å². The standard InChI is InChI=1S/C18H17BrN2O2/c1-12-7-8-16(15(19)9-12)20-18(23)13-10-17(22)21(11-13)14-5-3-2-4-6-14/h2-9,13H,10-11H2,1H3,(H,20,23). The predicted molar refractivity (Wildman–Crippen MR) is 94.4 cm³/mol. The number of rotatable bonds is 3. The van der Waals surface area contributed by atoms with Crippen LogP contribution in [0.3, 0.4) is 0 Å². The molecule has 1 unspecified atom stereocenters. The highest BCUT2D eigenvalue weighted by Gasteiger charge is 2.35. The second kappa shape index (κ2) is 6.54. The Hall–Kier alpha value is -2.14. The molecular weight excluding hydrogens is 356 g/mol. The van der Waals surface area contributed by atoms with Crippen LogP contribution in [0.5, 0.6) is 0 Å². The lowest BCUT2D eigenvalue weighted by Gasteiger charge is -2.16. The molecule has 5 heteroatoms. The van der Waals surface area contributed by atoms with Crippen molar-refractivity contribution in [2.75, 3.05) is 16.8 Å². The Kier molecular flexibility index (Phi) is 4.48. The molecule has 3 rings (SSSR count). The number of amides is 2. The summed E-state index contributed by atoms with van der Waals surface area (Å²) < 4.78 is 0.843. The average Bonchev–Trinajstić information content (AvgIpc) is 2.93. The Morgan fingerprint density at radius 1 is 1.22 bits per heavy atom. The first-order valence-electron chi connectivity index (χ1n) is 7.47. The van der Waals surface area contributed by atoms with Crippen molar-refractivity contribution < 1.29 is 9.59 Å². The molecule has 23 heavy (non-hydrogen) atoms. The van der Waals surface area contributed by atoms with Gasteiger partial charge in [0.05, 0.1) is 11.6 Å². The normalized spacial score (nSPS) is 17.4. The van der Waals surface area contributed by atoms with Crippen molar-refractivity contribution in [2.24, 2.45) is 5.92 Å². The molecule has 118 valence electrons. The van der Waals surface area contributed by atoms with Crippen LogP contribution >= 0.6 is 15.9 Å². The summed E-state index contributed by atoms with van der Waals surface area (Å²) in [6.07, 6.45) is 0.240. The minimum absolute atomic E-state index is 0.0145. The predicted octanol–water partition coefficient (Wildman–Crippen LogP) is 3.75. The van der Waals surface area contributed by atoms with Crippen LogP contribution in [0.25, 0.3) is 0 Å². The number of carbonyl (C=O) groups excluding carboxylic acids is 2. The zero-order valence-corrected chi connectivity index (χ0v) is 14.3. The molecule has 1 heterocycles. The van der Waals surface area contributed by atoms with E-state index in [1.807, 2.05) is 55.5 Å². The van der Waals surface area contributed by atoms with Gasteiger partial charge in [0.2, 0.25) is 11.8 Å². The maximum absolute atomic E-state index is 12.5. The molecule has 4 nitrogen and oxygen atoms in total. The van der Waals surface area contributed by atoms with Gasteiger partial charge >= 0.3 is 0 Å². The Balaban J connectivity index is 1.71. The number of para-hydroxylation sites is 1. The van der Waals surface area contributed by atoms with E-state index in [0.29, 0.717) is 6.54 Å². The second-order valence-corrected chi connectivity index (χ2v) is 6.57. The monoisotopic (exact) mass is 372 g/mol. The van der Waals surface area contributed by atoms with Gasteiger partial charge in [-0.2, -0.15) is 0 Å². The molecule has 1 aliphatic heterocycles. The highest BCUT2D eigenvalue weighted by Crippen LogP contribution is 2.28. The van der Waals surface area contributed by atoms with Crippen molar-refractivity contribution in [3.8, 4) is 0 Å². The van der Waals surface area contributed by atoms with Gasteiger partial charge in [0, 0.05) is 23.1 Å². The molecule has 0 aliphatic carbocycles. The van der Waals surface area contributed by atoms with Gasteiger partial charge in [-0.3, -0.25) is 9.59 Å². The lowest BCUT2D eigenvalue weighted by molar-refractivity contribution is -0.122. The highest BCUT2D eigenvalue weighted by molar-refractivity contribution is 9.10. The number of anilines is 2. The van der Waals surface area contributed by atoms with Crippen LogP contribution < -0.4 is 10.2 Å². The summed E-state index contributed by atoms with van der Waals surface area (Å²) in [6.45, 7) is 2.40. The summed E-state index contributed by atoms with van der Waals surface area (Å²) in [4.78, 5) is 26.3. The molecule has 1 atom stereocenters. The van der Waals surface area contributed by atoms with E-state index in [4.69, 9.17) is 0 Å². The lowest BCUT2D eigenvalue weighted by atomic mass is 10.1. The van der Waals surface area contributed by atoms with E-state index in [2.05, 4.69) is 21.2 Å². The van der Waals surface area contributed by atoms with Crippen LogP contribution in [0, 0.1) is 12.8 Å². The van der Waals surface area contributed by atoms with Crippen molar-refractivity contribution in [3.63, 3.8) is 0 Å².